The number of hydrogen-bond donors (Lipinski definition) is 2. The van der Waals surface area contributed by atoms with Crippen LogP contribution in [0.15, 0.2) is 52.0 Å². The maximum atomic E-state index is 13.9. The van der Waals surface area contributed by atoms with Crippen molar-refractivity contribution in [2.45, 2.75) is 18.8 Å². The van der Waals surface area contributed by atoms with Crippen LogP contribution in [0.25, 0.3) is 11.4 Å². The quantitative estimate of drug-likeness (QED) is 0.623. The van der Waals surface area contributed by atoms with Gasteiger partial charge in [-0.2, -0.15) is 4.98 Å². The molecule has 2 N–H and O–H groups in total. The number of nitrogens with zero attached hydrogens (tertiary/aromatic N) is 4. The van der Waals surface area contributed by atoms with Crippen LogP contribution in [0.3, 0.4) is 0 Å². The summed E-state index contributed by atoms with van der Waals surface area (Å²) < 4.78 is 32.7. The van der Waals surface area contributed by atoms with E-state index in [1.807, 2.05) is 31.2 Å². The van der Waals surface area contributed by atoms with E-state index in [0.717, 1.165) is 23.3 Å². The Labute approximate surface area is 186 Å². The van der Waals surface area contributed by atoms with Gasteiger partial charge in [0.15, 0.2) is 16.8 Å². The van der Waals surface area contributed by atoms with Crippen LogP contribution in [-0.4, -0.2) is 33.9 Å². The molecule has 2 aromatic carbocycles. The maximum Gasteiger partial charge on any atom is 0.241 e. The molecule has 1 saturated heterocycles. The van der Waals surface area contributed by atoms with Gasteiger partial charge >= 0.3 is 0 Å². The Kier molecular flexibility index (Phi) is 5.45. The number of hydrazine groups is 1. The van der Waals surface area contributed by atoms with Crippen LogP contribution in [0, 0.1) is 24.5 Å². The van der Waals surface area contributed by atoms with Crippen molar-refractivity contribution in [2.24, 2.45) is 10.9 Å². The smallest absolute Gasteiger partial charge is 0.241 e. The summed E-state index contributed by atoms with van der Waals surface area (Å²) >= 11 is 1.20. The van der Waals surface area contributed by atoms with Crippen LogP contribution >= 0.6 is 11.8 Å². The van der Waals surface area contributed by atoms with E-state index in [9.17, 15) is 13.6 Å². The number of carbonyl (C=O) groups is 1. The highest BCUT2D eigenvalue weighted by molar-refractivity contribution is 8.13. The number of amidine groups is 1. The molecular weight excluding hydrogens is 438 g/mol. The second-order valence-electron chi connectivity index (χ2n) is 7.43. The molecule has 164 valence electrons. The molecule has 3 aromatic rings. The summed E-state index contributed by atoms with van der Waals surface area (Å²) in [5.41, 5.74) is 7.99. The van der Waals surface area contributed by atoms with Gasteiger partial charge in [0.05, 0.1) is 17.4 Å². The number of amides is 1. The van der Waals surface area contributed by atoms with E-state index < -0.39 is 23.7 Å². The SMILES string of the molecule is Cc1cccc(-c2noc(CSC3=NC4NNCC4C(=O)N3c3ccc(F)c(F)c3)n2)c1. The van der Waals surface area contributed by atoms with Gasteiger partial charge < -0.3 is 4.52 Å². The van der Waals surface area contributed by atoms with E-state index in [1.165, 1.54) is 22.7 Å². The molecule has 2 atom stereocenters. The molecule has 11 heteroatoms. The van der Waals surface area contributed by atoms with Gasteiger partial charge in [0.25, 0.3) is 0 Å². The first-order valence-corrected chi connectivity index (χ1v) is 10.9. The Morgan fingerprint density at radius 1 is 1.22 bits per heavy atom. The number of rotatable bonds is 4. The lowest BCUT2D eigenvalue weighted by atomic mass is 10.0. The van der Waals surface area contributed by atoms with Gasteiger partial charge in [0.2, 0.25) is 17.6 Å². The summed E-state index contributed by atoms with van der Waals surface area (Å²) in [5.74, 6) is -1.68. The van der Waals surface area contributed by atoms with Crippen molar-refractivity contribution < 1.29 is 18.1 Å². The van der Waals surface area contributed by atoms with Crippen LogP contribution in [0.5, 0.6) is 0 Å². The second-order valence-corrected chi connectivity index (χ2v) is 8.37. The number of hydrogen-bond acceptors (Lipinski definition) is 8. The highest BCUT2D eigenvalue weighted by atomic mass is 32.2. The van der Waals surface area contributed by atoms with Crippen molar-refractivity contribution in [3.63, 3.8) is 0 Å². The minimum Gasteiger partial charge on any atom is -0.338 e. The molecule has 2 aliphatic rings. The van der Waals surface area contributed by atoms with E-state index in [-0.39, 0.29) is 17.3 Å². The average molecular weight is 456 g/mol. The van der Waals surface area contributed by atoms with E-state index in [4.69, 9.17) is 4.52 Å². The summed E-state index contributed by atoms with van der Waals surface area (Å²) in [5, 5.41) is 4.35. The van der Waals surface area contributed by atoms with Gasteiger partial charge in [-0.1, -0.05) is 40.7 Å². The predicted octanol–water partition coefficient (Wildman–Crippen LogP) is 3.01. The number of aromatic nitrogens is 2. The molecule has 0 spiro atoms. The van der Waals surface area contributed by atoms with E-state index in [2.05, 4.69) is 26.0 Å². The first kappa shape index (κ1) is 20.7. The Hall–Kier alpha value is -3.15. The highest BCUT2D eigenvalue weighted by Crippen LogP contribution is 2.31. The predicted molar refractivity (Wildman–Crippen MR) is 115 cm³/mol. The minimum absolute atomic E-state index is 0.205. The summed E-state index contributed by atoms with van der Waals surface area (Å²) in [6, 6.07) is 11.1. The Bertz CT molecular complexity index is 1220. The molecule has 1 amide bonds. The molecule has 1 fully saturated rings. The summed E-state index contributed by atoms with van der Waals surface area (Å²) in [6.45, 7) is 2.36. The standard InChI is InChI=1S/C21H18F2N6O2S/c1-11-3-2-4-12(7-11)18-25-17(31-28-18)10-32-21-26-19-14(9-24-27-19)20(30)29(21)13-5-6-15(22)16(23)8-13/h2-8,14,19,24,27H,9-10H2,1H3. The number of aryl methyl sites for hydroxylation is 1. The summed E-state index contributed by atoms with van der Waals surface area (Å²) in [4.78, 5) is 23.5. The minimum atomic E-state index is -1.04. The zero-order valence-corrected chi connectivity index (χ0v) is 17.7. The zero-order chi connectivity index (χ0) is 22.2. The van der Waals surface area contributed by atoms with Crippen molar-refractivity contribution in [1.29, 1.82) is 0 Å². The van der Waals surface area contributed by atoms with Gasteiger partial charge in [-0.3, -0.25) is 15.1 Å². The average Bonchev–Trinajstić information content (AvgIpc) is 3.44. The van der Waals surface area contributed by atoms with Crippen LogP contribution < -0.4 is 15.8 Å². The normalized spacial score (nSPS) is 20.4. The van der Waals surface area contributed by atoms with E-state index >= 15 is 0 Å². The zero-order valence-electron chi connectivity index (χ0n) is 16.9. The van der Waals surface area contributed by atoms with Gasteiger partial charge in [0.1, 0.15) is 6.17 Å². The maximum absolute atomic E-state index is 13.9. The molecule has 8 nitrogen and oxygen atoms in total. The first-order valence-electron chi connectivity index (χ1n) is 9.87. The number of benzene rings is 2. The van der Waals surface area contributed by atoms with Crippen molar-refractivity contribution >= 4 is 28.5 Å². The van der Waals surface area contributed by atoms with Crippen LogP contribution in [-0.2, 0) is 10.5 Å². The summed E-state index contributed by atoms with van der Waals surface area (Å²) in [7, 11) is 0. The number of carbonyl (C=O) groups excluding carboxylic acids is 1. The number of nitrogens with one attached hydrogen (secondary N) is 2. The molecule has 0 aliphatic carbocycles. The molecule has 2 aliphatic heterocycles. The largest absolute Gasteiger partial charge is 0.338 e. The monoisotopic (exact) mass is 456 g/mol. The highest BCUT2D eigenvalue weighted by Gasteiger charge is 2.42. The number of anilines is 1. The third-order valence-corrected chi connectivity index (χ3v) is 6.10. The third-order valence-electron chi connectivity index (χ3n) is 5.16. The number of halogens is 2. The fourth-order valence-electron chi connectivity index (χ4n) is 3.57. The van der Waals surface area contributed by atoms with Gasteiger partial charge in [0, 0.05) is 18.2 Å². The van der Waals surface area contributed by atoms with E-state index in [1.54, 1.807) is 0 Å². The molecule has 0 bridgehead atoms. The summed E-state index contributed by atoms with van der Waals surface area (Å²) in [6.07, 6.45) is -0.447. The first-order chi connectivity index (χ1) is 15.5. The van der Waals surface area contributed by atoms with Crippen LogP contribution in [0.2, 0.25) is 0 Å². The van der Waals surface area contributed by atoms with Crippen molar-refractivity contribution in [3.8, 4) is 11.4 Å². The lowest BCUT2D eigenvalue weighted by Gasteiger charge is -2.32. The Morgan fingerprint density at radius 3 is 2.91 bits per heavy atom. The molecule has 1 aromatic heterocycles. The van der Waals surface area contributed by atoms with E-state index in [0.29, 0.717) is 23.4 Å². The van der Waals surface area contributed by atoms with Crippen molar-refractivity contribution in [3.05, 3.63) is 65.6 Å². The van der Waals surface area contributed by atoms with Gasteiger partial charge in [-0.25, -0.2) is 19.2 Å². The second kappa shape index (κ2) is 8.41. The molecule has 2 unspecified atom stereocenters. The van der Waals surface area contributed by atoms with Crippen LogP contribution in [0.1, 0.15) is 11.5 Å². The van der Waals surface area contributed by atoms with Gasteiger partial charge in [-0.15, -0.1) is 0 Å². The van der Waals surface area contributed by atoms with Crippen molar-refractivity contribution in [2.75, 3.05) is 11.4 Å². The fourth-order valence-corrected chi connectivity index (χ4v) is 4.45. The fraction of sp³-hybridized carbons (Fsp3) is 0.238. The topological polar surface area (TPSA) is 95.7 Å². The van der Waals surface area contributed by atoms with Crippen LogP contribution in [0.4, 0.5) is 14.5 Å². The molecule has 32 heavy (non-hydrogen) atoms. The molecule has 5 rings (SSSR count). The Morgan fingerprint density at radius 2 is 2.09 bits per heavy atom. The number of fused-ring (bicyclic) bond motifs is 1. The van der Waals surface area contributed by atoms with Crippen molar-refractivity contribution in [1.82, 2.24) is 21.0 Å². The van der Waals surface area contributed by atoms with Gasteiger partial charge in [-0.05, 0) is 25.1 Å². The molecule has 3 heterocycles. The lowest BCUT2D eigenvalue weighted by Crippen LogP contribution is -2.49. The molecule has 0 saturated carbocycles. The third kappa shape index (κ3) is 3.90. The Balaban J connectivity index is 1.40. The molecular formula is C21H18F2N6O2S. The number of aliphatic imine (C=N–C) groups is 1. The molecule has 0 radical (unpaired) electrons. The lowest BCUT2D eigenvalue weighted by molar-refractivity contribution is -0.121. The number of thioether (sulfide) groups is 1.